The van der Waals surface area contributed by atoms with E-state index in [1.165, 1.54) is 6.20 Å². The lowest BCUT2D eigenvalue weighted by molar-refractivity contribution is 0.102. The summed E-state index contributed by atoms with van der Waals surface area (Å²) in [5, 5.41) is 3.09. The van der Waals surface area contributed by atoms with E-state index in [2.05, 4.69) is 26.2 Å². The van der Waals surface area contributed by atoms with Gasteiger partial charge in [0.05, 0.1) is 15.7 Å². The average molecular weight is 351 g/mol. The Morgan fingerprint density at radius 1 is 1.14 bits per heavy atom. The number of nitrogens with one attached hydrogen (secondary N) is 2. The molecule has 6 heteroatoms. The first-order valence-electron chi connectivity index (χ1n) is 6.08. The minimum absolute atomic E-state index is 0.00472. The van der Waals surface area contributed by atoms with Gasteiger partial charge in [-0.3, -0.25) is 4.79 Å². The molecule has 21 heavy (non-hydrogen) atoms. The third-order valence-electron chi connectivity index (χ3n) is 3.09. The van der Waals surface area contributed by atoms with E-state index in [-0.39, 0.29) is 10.2 Å². The maximum atomic E-state index is 13.7. The number of hydrogen-bond donors (Lipinski definition) is 2. The number of benzene rings is 2. The number of amides is 1. The van der Waals surface area contributed by atoms with Crippen LogP contribution in [-0.4, -0.2) is 10.9 Å². The summed E-state index contributed by atoms with van der Waals surface area (Å²) in [7, 11) is 0. The highest BCUT2D eigenvalue weighted by Crippen LogP contribution is 2.25. The van der Waals surface area contributed by atoms with Crippen molar-refractivity contribution in [2.24, 2.45) is 0 Å². The SMILES string of the molecule is O=C(Nc1cc(F)c(Br)cc1F)c1c[nH]c2ccccc12. The number of halogens is 3. The van der Waals surface area contributed by atoms with Crippen LogP contribution >= 0.6 is 15.9 Å². The molecule has 3 nitrogen and oxygen atoms in total. The fraction of sp³-hybridized carbons (Fsp3) is 0. The molecule has 0 atom stereocenters. The molecule has 3 rings (SSSR count). The highest BCUT2D eigenvalue weighted by Gasteiger charge is 2.15. The summed E-state index contributed by atoms with van der Waals surface area (Å²) in [5.74, 6) is -1.87. The smallest absolute Gasteiger partial charge is 0.257 e. The Morgan fingerprint density at radius 2 is 1.90 bits per heavy atom. The van der Waals surface area contributed by atoms with Crippen LogP contribution in [0.1, 0.15) is 10.4 Å². The van der Waals surface area contributed by atoms with E-state index in [0.717, 1.165) is 17.6 Å². The number of anilines is 1. The summed E-state index contributed by atoms with van der Waals surface area (Å²) in [5.41, 5.74) is 0.962. The second-order valence-corrected chi connectivity index (χ2v) is 5.30. The van der Waals surface area contributed by atoms with E-state index in [1.54, 1.807) is 12.1 Å². The highest BCUT2D eigenvalue weighted by molar-refractivity contribution is 9.10. The van der Waals surface area contributed by atoms with Gasteiger partial charge in [0, 0.05) is 23.2 Å². The molecule has 0 fully saturated rings. The van der Waals surface area contributed by atoms with Crippen LogP contribution in [0.15, 0.2) is 47.1 Å². The first kappa shape index (κ1) is 13.8. The number of aromatic nitrogens is 1. The maximum Gasteiger partial charge on any atom is 0.257 e. The van der Waals surface area contributed by atoms with E-state index < -0.39 is 17.5 Å². The van der Waals surface area contributed by atoms with Crippen molar-refractivity contribution in [1.82, 2.24) is 4.98 Å². The van der Waals surface area contributed by atoms with Gasteiger partial charge >= 0.3 is 0 Å². The Labute approximate surface area is 127 Å². The Balaban J connectivity index is 1.95. The molecule has 0 aliphatic carbocycles. The first-order valence-corrected chi connectivity index (χ1v) is 6.87. The van der Waals surface area contributed by atoms with Crippen molar-refractivity contribution < 1.29 is 13.6 Å². The minimum atomic E-state index is -0.712. The molecule has 1 heterocycles. The second-order valence-electron chi connectivity index (χ2n) is 4.45. The Morgan fingerprint density at radius 3 is 2.71 bits per heavy atom. The molecule has 2 aromatic carbocycles. The lowest BCUT2D eigenvalue weighted by Gasteiger charge is -2.07. The van der Waals surface area contributed by atoms with E-state index in [4.69, 9.17) is 0 Å². The van der Waals surface area contributed by atoms with Gasteiger partial charge in [-0.25, -0.2) is 8.78 Å². The number of rotatable bonds is 2. The summed E-state index contributed by atoms with van der Waals surface area (Å²) in [4.78, 5) is 15.2. The topological polar surface area (TPSA) is 44.9 Å². The van der Waals surface area contributed by atoms with Gasteiger partial charge in [0.2, 0.25) is 0 Å². The van der Waals surface area contributed by atoms with Crippen molar-refractivity contribution in [2.75, 3.05) is 5.32 Å². The zero-order valence-corrected chi connectivity index (χ0v) is 12.2. The molecule has 0 aliphatic heterocycles. The Kier molecular flexibility index (Phi) is 3.47. The van der Waals surface area contributed by atoms with Crippen molar-refractivity contribution in [3.8, 4) is 0 Å². The van der Waals surface area contributed by atoms with Gasteiger partial charge < -0.3 is 10.3 Å². The Bertz CT molecular complexity index is 845. The third kappa shape index (κ3) is 2.54. The summed E-state index contributed by atoms with van der Waals surface area (Å²) < 4.78 is 27.2. The average Bonchev–Trinajstić information content (AvgIpc) is 2.88. The zero-order chi connectivity index (χ0) is 15.0. The van der Waals surface area contributed by atoms with Crippen molar-refractivity contribution in [3.63, 3.8) is 0 Å². The molecule has 0 radical (unpaired) electrons. The molecule has 0 bridgehead atoms. The van der Waals surface area contributed by atoms with Crippen LogP contribution in [0.4, 0.5) is 14.5 Å². The lowest BCUT2D eigenvalue weighted by atomic mass is 10.1. The lowest BCUT2D eigenvalue weighted by Crippen LogP contribution is -2.12. The van der Waals surface area contributed by atoms with Gasteiger partial charge in [-0.15, -0.1) is 0 Å². The monoisotopic (exact) mass is 350 g/mol. The molecule has 0 saturated carbocycles. The summed E-state index contributed by atoms with van der Waals surface area (Å²) in [6.07, 6.45) is 1.53. The number of hydrogen-bond acceptors (Lipinski definition) is 1. The predicted molar refractivity (Wildman–Crippen MR) is 80.3 cm³/mol. The fourth-order valence-corrected chi connectivity index (χ4v) is 2.38. The summed E-state index contributed by atoms with van der Waals surface area (Å²) >= 11 is 2.88. The molecule has 0 unspecified atom stereocenters. The van der Waals surface area contributed by atoms with E-state index in [9.17, 15) is 13.6 Å². The number of H-pyrrole nitrogens is 1. The number of aromatic amines is 1. The summed E-state index contributed by atoms with van der Waals surface area (Å²) in [6, 6.07) is 9.15. The van der Waals surface area contributed by atoms with Crippen LogP contribution in [0.5, 0.6) is 0 Å². The van der Waals surface area contributed by atoms with Gasteiger partial charge in [-0.1, -0.05) is 18.2 Å². The van der Waals surface area contributed by atoms with Crippen molar-refractivity contribution >= 4 is 38.4 Å². The molecule has 1 aromatic heterocycles. The molecular formula is C15H9BrF2N2O. The number of para-hydroxylation sites is 1. The van der Waals surface area contributed by atoms with Crippen LogP contribution < -0.4 is 5.32 Å². The van der Waals surface area contributed by atoms with Crippen LogP contribution in [0.3, 0.4) is 0 Å². The largest absolute Gasteiger partial charge is 0.360 e. The quantitative estimate of drug-likeness (QED) is 0.658. The Hall–Kier alpha value is -2.21. The standard InChI is InChI=1S/C15H9BrF2N2O/c16-10-5-12(18)14(6-11(10)17)20-15(21)9-7-19-13-4-2-1-3-8(9)13/h1-7,19H,(H,20,21). The van der Waals surface area contributed by atoms with Crippen molar-refractivity contribution in [1.29, 1.82) is 0 Å². The molecule has 3 aromatic rings. The zero-order valence-electron chi connectivity index (χ0n) is 10.6. The highest BCUT2D eigenvalue weighted by atomic mass is 79.9. The van der Waals surface area contributed by atoms with Crippen LogP contribution in [0, 0.1) is 11.6 Å². The molecule has 2 N–H and O–H groups in total. The van der Waals surface area contributed by atoms with E-state index in [0.29, 0.717) is 10.9 Å². The summed E-state index contributed by atoms with van der Waals surface area (Å²) in [6.45, 7) is 0. The van der Waals surface area contributed by atoms with Crippen molar-refractivity contribution in [2.45, 2.75) is 0 Å². The number of fused-ring (bicyclic) bond motifs is 1. The van der Waals surface area contributed by atoms with Gasteiger partial charge in [0.25, 0.3) is 5.91 Å². The minimum Gasteiger partial charge on any atom is -0.360 e. The van der Waals surface area contributed by atoms with Gasteiger partial charge in [-0.05, 0) is 28.1 Å². The van der Waals surface area contributed by atoms with Crippen LogP contribution in [0.2, 0.25) is 0 Å². The maximum absolute atomic E-state index is 13.7. The molecule has 0 saturated heterocycles. The molecule has 106 valence electrons. The van der Waals surface area contributed by atoms with Gasteiger partial charge in [-0.2, -0.15) is 0 Å². The number of carbonyl (C=O) groups is 1. The molecule has 1 amide bonds. The van der Waals surface area contributed by atoms with Gasteiger partial charge in [0.1, 0.15) is 11.6 Å². The first-order chi connectivity index (χ1) is 10.1. The van der Waals surface area contributed by atoms with Crippen molar-refractivity contribution in [3.05, 3.63) is 64.3 Å². The van der Waals surface area contributed by atoms with E-state index in [1.807, 2.05) is 12.1 Å². The fourth-order valence-electron chi connectivity index (χ4n) is 2.07. The molecule has 0 spiro atoms. The molecular weight excluding hydrogens is 342 g/mol. The van der Waals surface area contributed by atoms with Gasteiger partial charge in [0.15, 0.2) is 0 Å². The van der Waals surface area contributed by atoms with Crippen LogP contribution in [-0.2, 0) is 0 Å². The second kappa shape index (κ2) is 5.29. The molecule has 0 aliphatic rings. The predicted octanol–water partition coefficient (Wildman–Crippen LogP) is 4.46. The third-order valence-corrected chi connectivity index (χ3v) is 3.70. The number of carbonyl (C=O) groups excluding carboxylic acids is 1. The van der Waals surface area contributed by atoms with Crippen LogP contribution in [0.25, 0.3) is 10.9 Å². The normalized spacial score (nSPS) is 10.8. The van der Waals surface area contributed by atoms with E-state index >= 15 is 0 Å².